The van der Waals surface area contributed by atoms with Crippen LogP contribution in [0, 0.1) is 18.6 Å². The highest BCUT2D eigenvalue weighted by atomic mass is 35.5. The van der Waals surface area contributed by atoms with Crippen LogP contribution in [-0.4, -0.2) is 45.2 Å². The van der Waals surface area contributed by atoms with E-state index in [1.54, 1.807) is 4.90 Å². The van der Waals surface area contributed by atoms with Crippen molar-refractivity contribution in [2.45, 2.75) is 38.8 Å². The number of nitrogens with zero attached hydrogens (tertiary/aromatic N) is 4. The van der Waals surface area contributed by atoms with Crippen molar-refractivity contribution in [1.29, 1.82) is 0 Å². The number of halogens is 3. The molecular weight excluding hydrogens is 376 g/mol. The predicted molar refractivity (Wildman–Crippen MR) is 98.0 cm³/mol. The first-order valence-electron chi connectivity index (χ1n) is 8.92. The third kappa shape index (κ3) is 3.68. The highest BCUT2D eigenvalue weighted by molar-refractivity contribution is 5.94. The van der Waals surface area contributed by atoms with Crippen LogP contribution in [-0.2, 0) is 13.1 Å². The maximum Gasteiger partial charge on any atom is 0.256 e. The molecule has 0 bridgehead atoms. The molecule has 9 heteroatoms. The van der Waals surface area contributed by atoms with Gasteiger partial charge in [-0.3, -0.25) is 4.79 Å². The first kappa shape index (κ1) is 19.7. The van der Waals surface area contributed by atoms with Gasteiger partial charge < -0.3 is 14.8 Å². The molecule has 0 spiro atoms. The molecule has 1 saturated heterocycles. The van der Waals surface area contributed by atoms with Gasteiger partial charge in [-0.2, -0.15) is 0 Å². The minimum atomic E-state index is -0.806. The Morgan fingerprint density at radius 2 is 1.89 bits per heavy atom. The number of carbonyl (C=O) groups excluding carboxylic acids is 1. The van der Waals surface area contributed by atoms with Crippen molar-refractivity contribution in [1.82, 2.24) is 25.0 Å². The molecule has 0 atom stereocenters. The second-order valence-corrected chi connectivity index (χ2v) is 6.95. The molecule has 0 saturated carbocycles. The number of hydrogen-bond donors (Lipinski definition) is 1. The lowest BCUT2D eigenvalue weighted by atomic mass is 9.95. The van der Waals surface area contributed by atoms with Gasteiger partial charge in [0.05, 0.1) is 12.1 Å². The lowest BCUT2D eigenvalue weighted by Crippen LogP contribution is -2.39. The number of rotatable bonds is 2. The van der Waals surface area contributed by atoms with Gasteiger partial charge in [0.25, 0.3) is 5.91 Å². The van der Waals surface area contributed by atoms with Crippen LogP contribution in [0.5, 0.6) is 0 Å². The number of benzene rings is 1. The molecule has 2 aromatic rings. The Labute approximate surface area is 162 Å². The molecule has 27 heavy (non-hydrogen) atoms. The summed E-state index contributed by atoms with van der Waals surface area (Å²) < 4.78 is 29.6. The first-order valence-corrected chi connectivity index (χ1v) is 8.92. The van der Waals surface area contributed by atoms with Crippen molar-refractivity contribution in [3.8, 4) is 0 Å². The molecule has 2 aliphatic heterocycles. The third-order valence-corrected chi connectivity index (χ3v) is 5.28. The van der Waals surface area contributed by atoms with E-state index in [9.17, 15) is 13.6 Å². The average molecular weight is 398 g/mol. The maximum atomic E-state index is 14.0. The summed E-state index contributed by atoms with van der Waals surface area (Å²) in [5.41, 5.74) is 0.210. The van der Waals surface area contributed by atoms with Gasteiger partial charge in [-0.1, -0.05) is 0 Å². The predicted octanol–water partition coefficient (Wildman–Crippen LogP) is 2.41. The monoisotopic (exact) mass is 397 g/mol. The number of aryl methyl sites for hydroxylation is 1. The van der Waals surface area contributed by atoms with Crippen molar-refractivity contribution >= 4 is 18.3 Å². The van der Waals surface area contributed by atoms with E-state index in [1.165, 1.54) is 13.0 Å². The molecule has 1 N–H and O–H groups in total. The fourth-order valence-corrected chi connectivity index (χ4v) is 3.75. The first-order chi connectivity index (χ1) is 12.5. The molecule has 4 rings (SSSR count). The van der Waals surface area contributed by atoms with Crippen molar-refractivity contribution in [3.63, 3.8) is 0 Å². The van der Waals surface area contributed by atoms with Gasteiger partial charge in [0.1, 0.15) is 23.3 Å². The molecule has 6 nitrogen and oxygen atoms in total. The van der Waals surface area contributed by atoms with E-state index in [0.29, 0.717) is 13.1 Å². The topological polar surface area (TPSA) is 63.1 Å². The van der Waals surface area contributed by atoms with Crippen LogP contribution in [0.1, 0.15) is 46.3 Å². The molecule has 2 aliphatic rings. The van der Waals surface area contributed by atoms with Crippen LogP contribution in [0.2, 0.25) is 0 Å². The van der Waals surface area contributed by atoms with Crippen LogP contribution in [0.25, 0.3) is 0 Å². The zero-order valence-corrected chi connectivity index (χ0v) is 15.9. The van der Waals surface area contributed by atoms with Crippen molar-refractivity contribution in [3.05, 3.63) is 46.5 Å². The van der Waals surface area contributed by atoms with Gasteiger partial charge >= 0.3 is 0 Å². The van der Waals surface area contributed by atoms with E-state index in [1.807, 2.05) is 0 Å². The van der Waals surface area contributed by atoms with Crippen molar-refractivity contribution < 1.29 is 13.6 Å². The van der Waals surface area contributed by atoms with E-state index in [-0.39, 0.29) is 35.4 Å². The molecule has 1 amide bonds. The number of hydrogen-bond acceptors (Lipinski definition) is 4. The highest BCUT2D eigenvalue weighted by Gasteiger charge is 2.30. The fraction of sp³-hybridized carbons (Fsp3) is 0.500. The summed E-state index contributed by atoms with van der Waals surface area (Å²) in [6.45, 7) is 5.07. The lowest BCUT2D eigenvalue weighted by molar-refractivity contribution is 0.0705. The van der Waals surface area contributed by atoms with Gasteiger partial charge in [-0.15, -0.1) is 22.6 Å². The summed E-state index contributed by atoms with van der Waals surface area (Å²) in [6.07, 6.45) is 1.53. The smallest absolute Gasteiger partial charge is 0.256 e. The molecule has 0 aliphatic carbocycles. The fourth-order valence-electron chi connectivity index (χ4n) is 3.75. The van der Waals surface area contributed by atoms with E-state index in [4.69, 9.17) is 0 Å². The summed E-state index contributed by atoms with van der Waals surface area (Å²) in [5.74, 6) is 0.365. The van der Waals surface area contributed by atoms with Crippen LogP contribution >= 0.6 is 12.4 Å². The minimum absolute atomic E-state index is 0. The summed E-state index contributed by atoms with van der Waals surface area (Å²) in [6, 6.07) is 2.08. The Hall–Kier alpha value is -2.06. The molecule has 1 fully saturated rings. The highest BCUT2D eigenvalue weighted by Crippen LogP contribution is 2.29. The molecule has 1 aromatic heterocycles. The Balaban J connectivity index is 0.00000210. The van der Waals surface area contributed by atoms with E-state index < -0.39 is 11.6 Å². The van der Waals surface area contributed by atoms with Crippen molar-refractivity contribution in [2.75, 3.05) is 19.6 Å². The van der Waals surface area contributed by atoms with Crippen LogP contribution < -0.4 is 5.32 Å². The third-order valence-electron chi connectivity index (χ3n) is 5.28. The Morgan fingerprint density at radius 3 is 2.63 bits per heavy atom. The normalized spacial score (nSPS) is 17.4. The van der Waals surface area contributed by atoms with E-state index >= 15 is 0 Å². The van der Waals surface area contributed by atoms with Crippen molar-refractivity contribution in [2.24, 2.45) is 0 Å². The Kier molecular flexibility index (Phi) is 5.76. The molecule has 0 unspecified atom stereocenters. The van der Waals surface area contributed by atoms with Gasteiger partial charge in [0.2, 0.25) is 0 Å². The van der Waals surface area contributed by atoms with Gasteiger partial charge in [-0.05, 0) is 31.4 Å². The van der Waals surface area contributed by atoms with E-state index in [0.717, 1.165) is 50.2 Å². The average Bonchev–Trinajstić information content (AvgIpc) is 3.08. The molecule has 146 valence electrons. The number of amides is 1. The summed E-state index contributed by atoms with van der Waals surface area (Å²) in [5, 5.41) is 11.9. The standard InChI is InChI=1S/C18H21F2N5O.ClH/c1-11-8-13(15(20)9-14(11)19)18(26)24-5-2-12(3-6-24)17-23-22-16-10-21-4-7-25(16)17;/h8-9,12,21H,2-7,10H2,1H3;1H. The second-order valence-electron chi connectivity index (χ2n) is 6.95. The number of nitrogens with one attached hydrogen (secondary N) is 1. The van der Waals surface area contributed by atoms with E-state index in [2.05, 4.69) is 20.1 Å². The maximum absolute atomic E-state index is 14.0. The zero-order chi connectivity index (χ0) is 18.3. The number of carbonyl (C=O) groups is 1. The molecular formula is C18H22ClF2N5O. The number of piperidine rings is 1. The molecule has 0 radical (unpaired) electrons. The number of likely N-dealkylation sites (tertiary alicyclic amines) is 1. The van der Waals surface area contributed by atoms with Gasteiger partial charge in [-0.25, -0.2) is 8.78 Å². The zero-order valence-electron chi connectivity index (χ0n) is 15.0. The summed E-state index contributed by atoms with van der Waals surface area (Å²) in [7, 11) is 0. The SMILES string of the molecule is Cc1cc(C(=O)N2CCC(c3nnc4n3CCNC4)CC2)c(F)cc1F.Cl. The summed E-state index contributed by atoms with van der Waals surface area (Å²) >= 11 is 0. The lowest BCUT2D eigenvalue weighted by Gasteiger charge is -2.32. The second kappa shape index (κ2) is 7.90. The molecule has 3 heterocycles. The molecule has 1 aromatic carbocycles. The quantitative estimate of drug-likeness (QED) is 0.845. The summed E-state index contributed by atoms with van der Waals surface area (Å²) in [4.78, 5) is 14.3. The Morgan fingerprint density at radius 1 is 1.15 bits per heavy atom. The van der Waals surface area contributed by atoms with Crippen LogP contribution in [0.15, 0.2) is 12.1 Å². The van der Waals surface area contributed by atoms with Gasteiger partial charge in [0, 0.05) is 38.2 Å². The van der Waals surface area contributed by atoms with Gasteiger partial charge in [0.15, 0.2) is 0 Å². The van der Waals surface area contributed by atoms with Crippen LogP contribution in [0.3, 0.4) is 0 Å². The number of aromatic nitrogens is 3. The Bertz CT molecular complexity index is 849. The largest absolute Gasteiger partial charge is 0.339 e. The van der Waals surface area contributed by atoms with Crippen LogP contribution in [0.4, 0.5) is 8.78 Å². The minimum Gasteiger partial charge on any atom is -0.339 e. The number of fused-ring (bicyclic) bond motifs is 1.